The third-order valence-corrected chi connectivity index (χ3v) is 6.57. The molecule has 6 rings (SSSR count). The van der Waals surface area contributed by atoms with Crippen LogP contribution in [0, 0.1) is 6.92 Å². The van der Waals surface area contributed by atoms with Gasteiger partial charge < -0.3 is 0 Å². The van der Waals surface area contributed by atoms with E-state index in [1.165, 1.54) is 5.56 Å². The predicted octanol–water partition coefficient (Wildman–Crippen LogP) is 8.52. The van der Waals surface area contributed by atoms with E-state index in [9.17, 15) is 0 Å². The average Bonchev–Trinajstić information content (AvgIpc) is 2.98. The van der Waals surface area contributed by atoms with Crippen molar-refractivity contribution in [3.63, 3.8) is 0 Å². The Morgan fingerprint density at radius 1 is 0.405 bits per heavy atom. The van der Waals surface area contributed by atoms with Gasteiger partial charge in [-0.25, -0.2) is 9.97 Å². The van der Waals surface area contributed by atoms with Crippen molar-refractivity contribution in [2.45, 2.75) is 6.92 Å². The number of rotatable bonds is 5. The lowest BCUT2D eigenvalue weighted by Gasteiger charge is -2.12. The molecule has 0 radical (unpaired) electrons. The Labute approximate surface area is 217 Å². The van der Waals surface area contributed by atoms with Gasteiger partial charge in [-0.05, 0) is 55.0 Å². The number of benzene rings is 3. The maximum absolute atomic E-state index is 5.07. The number of hydrogen-bond donors (Lipinski definition) is 0. The summed E-state index contributed by atoms with van der Waals surface area (Å²) < 4.78 is 0. The van der Waals surface area contributed by atoms with Gasteiger partial charge in [-0.1, -0.05) is 84.9 Å². The fraction of sp³-hybridized carbons (Fsp3) is 0.0294. The van der Waals surface area contributed by atoms with Crippen molar-refractivity contribution in [2.75, 3.05) is 0 Å². The minimum Gasteiger partial charge on any atom is -0.256 e. The summed E-state index contributed by atoms with van der Waals surface area (Å²) in [4.78, 5) is 14.6. The first-order valence-electron chi connectivity index (χ1n) is 12.4. The molecule has 0 saturated heterocycles. The zero-order valence-electron chi connectivity index (χ0n) is 20.5. The highest BCUT2D eigenvalue weighted by atomic mass is 14.7. The summed E-state index contributed by atoms with van der Waals surface area (Å²) in [5.74, 6) is 0. The molecule has 0 N–H and O–H groups in total. The zero-order chi connectivity index (χ0) is 25.0. The fourth-order valence-corrected chi connectivity index (χ4v) is 4.66. The zero-order valence-corrected chi connectivity index (χ0v) is 20.5. The minimum atomic E-state index is 0.932. The summed E-state index contributed by atoms with van der Waals surface area (Å²) in [6, 6.07) is 43.4. The first-order chi connectivity index (χ1) is 18.3. The van der Waals surface area contributed by atoms with Crippen LogP contribution in [0.3, 0.4) is 0 Å². The predicted molar refractivity (Wildman–Crippen MR) is 152 cm³/mol. The van der Waals surface area contributed by atoms with E-state index in [1.54, 1.807) is 0 Å². The third kappa shape index (κ3) is 4.67. The standard InChI is InChI=1S/C34H25N3/c1-24-28(33-17-5-6-22-35-33)15-8-16-29(24)34-21-10-20-32(37-34)27-14-7-13-26(23-27)31-19-9-18-30(36-31)25-11-3-2-4-12-25/h2-23H,1H3. The molecule has 0 aliphatic carbocycles. The van der Waals surface area contributed by atoms with Gasteiger partial charge in [-0.3, -0.25) is 4.98 Å². The summed E-state index contributed by atoms with van der Waals surface area (Å²) in [6.45, 7) is 2.14. The molecule has 3 aromatic carbocycles. The minimum absolute atomic E-state index is 0.932. The highest BCUT2D eigenvalue weighted by Crippen LogP contribution is 2.32. The quantitative estimate of drug-likeness (QED) is 0.251. The molecule has 0 aliphatic heterocycles. The molecule has 3 heteroatoms. The van der Waals surface area contributed by atoms with Gasteiger partial charge in [0, 0.05) is 34.0 Å². The van der Waals surface area contributed by atoms with Gasteiger partial charge in [0.2, 0.25) is 0 Å². The number of aromatic nitrogens is 3. The summed E-state index contributed by atoms with van der Waals surface area (Å²) in [5, 5.41) is 0. The van der Waals surface area contributed by atoms with Crippen LogP contribution in [0.2, 0.25) is 0 Å². The van der Waals surface area contributed by atoms with Gasteiger partial charge in [0.05, 0.1) is 28.5 Å². The highest BCUT2D eigenvalue weighted by molar-refractivity contribution is 5.77. The first-order valence-corrected chi connectivity index (χ1v) is 12.4. The second-order valence-corrected chi connectivity index (χ2v) is 8.96. The molecule has 0 bridgehead atoms. The molecule has 0 aliphatic rings. The Bertz CT molecular complexity index is 1680. The molecule has 0 fully saturated rings. The third-order valence-electron chi connectivity index (χ3n) is 6.57. The van der Waals surface area contributed by atoms with Crippen LogP contribution in [0.25, 0.3) is 56.3 Å². The van der Waals surface area contributed by atoms with E-state index in [4.69, 9.17) is 9.97 Å². The topological polar surface area (TPSA) is 38.7 Å². The first kappa shape index (κ1) is 22.6. The summed E-state index contributed by atoms with van der Waals surface area (Å²) in [5.41, 5.74) is 11.4. The summed E-state index contributed by atoms with van der Waals surface area (Å²) >= 11 is 0. The monoisotopic (exact) mass is 475 g/mol. The van der Waals surface area contributed by atoms with Gasteiger partial charge >= 0.3 is 0 Å². The normalized spacial score (nSPS) is 10.8. The van der Waals surface area contributed by atoms with Crippen LogP contribution in [0.1, 0.15) is 5.56 Å². The second-order valence-electron chi connectivity index (χ2n) is 8.96. The van der Waals surface area contributed by atoms with E-state index in [2.05, 4.69) is 103 Å². The lowest BCUT2D eigenvalue weighted by Crippen LogP contribution is -1.94. The van der Waals surface area contributed by atoms with Crippen molar-refractivity contribution in [3.8, 4) is 56.3 Å². The maximum Gasteiger partial charge on any atom is 0.0712 e. The Hall–Kier alpha value is -4.89. The van der Waals surface area contributed by atoms with Crippen molar-refractivity contribution in [1.29, 1.82) is 0 Å². The fourth-order valence-electron chi connectivity index (χ4n) is 4.66. The van der Waals surface area contributed by atoms with Crippen LogP contribution in [0.4, 0.5) is 0 Å². The summed E-state index contributed by atoms with van der Waals surface area (Å²) in [6.07, 6.45) is 1.83. The molecule has 3 heterocycles. The SMILES string of the molecule is Cc1c(-c2ccccn2)cccc1-c1cccc(-c2cccc(-c3cccc(-c4ccccc4)n3)c2)n1. The largest absolute Gasteiger partial charge is 0.256 e. The Kier molecular flexibility index (Phi) is 6.10. The van der Waals surface area contributed by atoms with Gasteiger partial charge in [0.25, 0.3) is 0 Å². The molecule has 6 aromatic rings. The van der Waals surface area contributed by atoms with E-state index in [-0.39, 0.29) is 0 Å². The lowest BCUT2D eigenvalue weighted by molar-refractivity contribution is 1.28. The number of hydrogen-bond acceptors (Lipinski definition) is 3. The number of nitrogens with zero attached hydrogens (tertiary/aromatic N) is 3. The van der Waals surface area contributed by atoms with E-state index < -0.39 is 0 Å². The molecular formula is C34H25N3. The van der Waals surface area contributed by atoms with Crippen molar-refractivity contribution in [1.82, 2.24) is 15.0 Å². The van der Waals surface area contributed by atoms with Gasteiger partial charge in [0.1, 0.15) is 0 Å². The number of pyridine rings is 3. The molecule has 0 amide bonds. The van der Waals surface area contributed by atoms with E-state index >= 15 is 0 Å². The van der Waals surface area contributed by atoms with Crippen LogP contribution < -0.4 is 0 Å². The molecule has 3 aromatic heterocycles. The summed E-state index contributed by atoms with van der Waals surface area (Å²) in [7, 11) is 0. The molecule has 0 unspecified atom stereocenters. The van der Waals surface area contributed by atoms with Crippen LogP contribution in [-0.2, 0) is 0 Å². The van der Waals surface area contributed by atoms with Crippen LogP contribution in [0.5, 0.6) is 0 Å². The van der Waals surface area contributed by atoms with Gasteiger partial charge in [0.15, 0.2) is 0 Å². The lowest BCUT2D eigenvalue weighted by atomic mass is 9.97. The van der Waals surface area contributed by atoms with Gasteiger partial charge in [-0.15, -0.1) is 0 Å². The highest BCUT2D eigenvalue weighted by Gasteiger charge is 2.12. The van der Waals surface area contributed by atoms with Crippen molar-refractivity contribution >= 4 is 0 Å². The van der Waals surface area contributed by atoms with E-state index in [0.29, 0.717) is 0 Å². The Balaban J connectivity index is 1.36. The van der Waals surface area contributed by atoms with Crippen LogP contribution in [0.15, 0.2) is 134 Å². The van der Waals surface area contributed by atoms with Crippen molar-refractivity contribution in [2.24, 2.45) is 0 Å². The van der Waals surface area contributed by atoms with Crippen molar-refractivity contribution in [3.05, 3.63) is 139 Å². The van der Waals surface area contributed by atoms with Crippen molar-refractivity contribution < 1.29 is 0 Å². The molecule has 37 heavy (non-hydrogen) atoms. The second kappa shape index (κ2) is 10.00. The average molecular weight is 476 g/mol. The molecular weight excluding hydrogens is 450 g/mol. The molecule has 0 atom stereocenters. The van der Waals surface area contributed by atoms with E-state index in [0.717, 1.165) is 56.3 Å². The maximum atomic E-state index is 5.07. The Morgan fingerprint density at radius 3 is 1.57 bits per heavy atom. The van der Waals surface area contributed by atoms with Crippen LogP contribution >= 0.6 is 0 Å². The molecule has 0 spiro atoms. The Morgan fingerprint density at radius 2 is 0.892 bits per heavy atom. The van der Waals surface area contributed by atoms with Gasteiger partial charge in [-0.2, -0.15) is 0 Å². The van der Waals surface area contributed by atoms with E-state index in [1.807, 2.05) is 42.6 Å². The molecule has 0 saturated carbocycles. The molecule has 3 nitrogen and oxygen atoms in total. The smallest absolute Gasteiger partial charge is 0.0712 e. The van der Waals surface area contributed by atoms with Crippen LogP contribution in [-0.4, -0.2) is 15.0 Å². The molecule has 176 valence electrons.